The number of rotatable bonds is 5. The van der Waals surface area contributed by atoms with E-state index in [0.29, 0.717) is 49.5 Å². The van der Waals surface area contributed by atoms with Gasteiger partial charge in [0.05, 0.1) is 24.5 Å². The van der Waals surface area contributed by atoms with Gasteiger partial charge in [-0.1, -0.05) is 0 Å². The number of carbonyl (C=O) groups excluding carboxylic acids is 1. The van der Waals surface area contributed by atoms with E-state index in [-0.39, 0.29) is 30.0 Å². The smallest absolute Gasteiger partial charge is 0.272 e. The van der Waals surface area contributed by atoms with Crippen LogP contribution < -0.4 is 9.47 Å². The van der Waals surface area contributed by atoms with E-state index >= 15 is 0 Å². The van der Waals surface area contributed by atoms with Gasteiger partial charge in [0.25, 0.3) is 5.91 Å². The minimum Gasteiger partial charge on any atom is -0.489 e. The number of hydrogen-bond donors (Lipinski definition) is 0. The summed E-state index contributed by atoms with van der Waals surface area (Å²) in [5, 5.41) is 0. The van der Waals surface area contributed by atoms with Crippen molar-refractivity contribution < 1.29 is 23.4 Å². The van der Waals surface area contributed by atoms with Gasteiger partial charge in [0.15, 0.2) is 0 Å². The van der Waals surface area contributed by atoms with E-state index in [9.17, 15) is 9.18 Å². The van der Waals surface area contributed by atoms with Crippen molar-refractivity contribution in [3.05, 3.63) is 53.6 Å². The van der Waals surface area contributed by atoms with Crippen LogP contribution in [0.25, 0.3) is 0 Å². The average Bonchev–Trinajstić information content (AvgIpc) is 2.74. The molecule has 1 aromatic heterocycles. The zero-order valence-corrected chi connectivity index (χ0v) is 19.1. The summed E-state index contributed by atoms with van der Waals surface area (Å²) in [7, 11) is 0. The molecular weight excluding hydrogens is 411 g/mol. The van der Waals surface area contributed by atoms with E-state index < -0.39 is 5.60 Å². The SMILES string of the molecule is CC(C)Oc1ccc(C(=O)N2CCC3(CC2)CC(OC(C)C)c2cc(F)ccc2O3)nc1. The standard InChI is InChI=1S/C25H31FN2O4/c1-16(2)30-19-6-7-21(27-15-19)24(29)28-11-9-25(10-12-28)14-23(31-17(3)4)20-13-18(26)5-8-22(20)32-25/h5-8,13,15-17,23H,9-12,14H2,1-4H3. The summed E-state index contributed by atoms with van der Waals surface area (Å²) in [5.74, 6) is 0.934. The Morgan fingerprint density at radius 3 is 2.53 bits per heavy atom. The number of ether oxygens (including phenoxy) is 3. The van der Waals surface area contributed by atoms with Gasteiger partial charge < -0.3 is 19.1 Å². The first kappa shape index (κ1) is 22.5. The highest BCUT2D eigenvalue weighted by molar-refractivity contribution is 5.92. The molecule has 172 valence electrons. The summed E-state index contributed by atoms with van der Waals surface area (Å²) in [6, 6.07) is 8.09. The molecule has 1 amide bonds. The van der Waals surface area contributed by atoms with Crippen LogP contribution >= 0.6 is 0 Å². The number of carbonyl (C=O) groups is 1. The Balaban J connectivity index is 1.45. The van der Waals surface area contributed by atoms with Gasteiger partial charge in [-0.2, -0.15) is 0 Å². The maximum atomic E-state index is 13.9. The zero-order chi connectivity index (χ0) is 22.9. The highest BCUT2D eigenvalue weighted by Crippen LogP contribution is 2.46. The first-order valence-corrected chi connectivity index (χ1v) is 11.3. The van der Waals surface area contributed by atoms with Crippen molar-refractivity contribution in [2.45, 2.75) is 70.9 Å². The van der Waals surface area contributed by atoms with Gasteiger partial charge in [-0.15, -0.1) is 0 Å². The van der Waals surface area contributed by atoms with Crippen LogP contribution in [0.1, 0.15) is 69.1 Å². The van der Waals surface area contributed by atoms with E-state index in [1.165, 1.54) is 12.1 Å². The van der Waals surface area contributed by atoms with Crippen LogP contribution in [0.15, 0.2) is 36.5 Å². The number of nitrogens with zero attached hydrogens (tertiary/aromatic N) is 2. The summed E-state index contributed by atoms with van der Waals surface area (Å²) in [6.07, 6.45) is 3.44. The molecule has 0 aliphatic carbocycles. The van der Waals surface area contributed by atoms with E-state index in [1.54, 1.807) is 24.4 Å². The predicted molar refractivity (Wildman–Crippen MR) is 118 cm³/mol. The van der Waals surface area contributed by atoms with Crippen LogP contribution in [0.4, 0.5) is 4.39 Å². The molecule has 1 aromatic carbocycles. The molecule has 2 aliphatic heterocycles. The largest absolute Gasteiger partial charge is 0.489 e. The number of likely N-dealkylation sites (tertiary alicyclic amines) is 1. The minimum absolute atomic E-state index is 0.0154. The molecule has 0 saturated carbocycles. The van der Waals surface area contributed by atoms with Gasteiger partial charge in [-0.05, 0) is 58.0 Å². The lowest BCUT2D eigenvalue weighted by Gasteiger charge is -2.47. The molecule has 2 aromatic rings. The van der Waals surface area contributed by atoms with Crippen LogP contribution in [-0.4, -0.2) is 46.7 Å². The lowest BCUT2D eigenvalue weighted by molar-refractivity contribution is -0.0874. The molecular formula is C25H31FN2O4. The second-order valence-corrected chi connectivity index (χ2v) is 9.18. The van der Waals surface area contributed by atoms with Gasteiger partial charge in [0.1, 0.15) is 28.6 Å². The molecule has 3 heterocycles. The minimum atomic E-state index is -0.427. The van der Waals surface area contributed by atoms with Crippen molar-refractivity contribution >= 4 is 5.91 Å². The lowest BCUT2D eigenvalue weighted by atomic mass is 9.81. The van der Waals surface area contributed by atoms with Crippen molar-refractivity contribution in [1.29, 1.82) is 0 Å². The van der Waals surface area contributed by atoms with Crippen molar-refractivity contribution in [2.24, 2.45) is 0 Å². The molecule has 1 unspecified atom stereocenters. The van der Waals surface area contributed by atoms with Gasteiger partial charge in [-0.3, -0.25) is 4.79 Å². The fraction of sp³-hybridized carbons (Fsp3) is 0.520. The number of pyridine rings is 1. The number of piperidine rings is 1. The summed E-state index contributed by atoms with van der Waals surface area (Å²) >= 11 is 0. The molecule has 0 bridgehead atoms. The van der Waals surface area contributed by atoms with Gasteiger partial charge >= 0.3 is 0 Å². The Hall–Kier alpha value is -2.67. The first-order valence-electron chi connectivity index (χ1n) is 11.3. The average molecular weight is 443 g/mol. The molecule has 7 heteroatoms. The van der Waals surface area contributed by atoms with Crippen LogP contribution in [-0.2, 0) is 4.74 Å². The topological polar surface area (TPSA) is 60.9 Å². The Morgan fingerprint density at radius 1 is 1.16 bits per heavy atom. The second kappa shape index (κ2) is 9.06. The molecule has 2 aliphatic rings. The molecule has 1 atom stereocenters. The number of benzene rings is 1. The van der Waals surface area contributed by atoms with E-state index in [4.69, 9.17) is 14.2 Å². The maximum Gasteiger partial charge on any atom is 0.272 e. The van der Waals surface area contributed by atoms with Crippen LogP contribution in [0, 0.1) is 5.82 Å². The monoisotopic (exact) mass is 442 g/mol. The van der Waals surface area contributed by atoms with Crippen LogP contribution in [0.2, 0.25) is 0 Å². The number of fused-ring (bicyclic) bond motifs is 1. The highest BCUT2D eigenvalue weighted by atomic mass is 19.1. The molecule has 1 spiro atoms. The van der Waals surface area contributed by atoms with E-state index in [2.05, 4.69) is 4.98 Å². The molecule has 0 N–H and O–H groups in total. The summed E-state index contributed by atoms with van der Waals surface area (Å²) in [4.78, 5) is 19.1. The summed E-state index contributed by atoms with van der Waals surface area (Å²) in [5.41, 5.74) is 0.739. The van der Waals surface area contributed by atoms with Gasteiger partial charge in [0, 0.05) is 37.9 Å². The number of hydrogen-bond acceptors (Lipinski definition) is 5. The third kappa shape index (κ3) is 4.88. The Morgan fingerprint density at radius 2 is 1.91 bits per heavy atom. The van der Waals surface area contributed by atoms with Crippen molar-refractivity contribution in [1.82, 2.24) is 9.88 Å². The normalized spacial score (nSPS) is 19.7. The van der Waals surface area contributed by atoms with E-state index in [1.807, 2.05) is 32.6 Å². The van der Waals surface area contributed by atoms with E-state index in [0.717, 1.165) is 5.56 Å². The third-order valence-electron chi connectivity index (χ3n) is 5.93. The molecule has 32 heavy (non-hydrogen) atoms. The third-order valence-corrected chi connectivity index (χ3v) is 5.93. The number of aromatic nitrogens is 1. The quantitative estimate of drug-likeness (QED) is 0.657. The van der Waals surface area contributed by atoms with Crippen molar-refractivity contribution in [3.63, 3.8) is 0 Å². The predicted octanol–water partition coefficient (Wildman–Crippen LogP) is 4.93. The summed E-state index contributed by atoms with van der Waals surface area (Å²) < 4.78 is 32.0. The molecule has 1 fully saturated rings. The van der Waals surface area contributed by atoms with Gasteiger partial charge in [-0.25, -0.2) is 9.37 Å². The molecule has 1 saturated heterocycles. The Kier molecular flexibility index (Phi) is 6.38. The maximum absolute atomic E-state index is 13.9. The van der Waals surface area contributed by atoms with Crippen LogP contribution in [0.3, 0.4) is 0 Å². The fourth-order valence-corrected chi connectivity index (χ4v) is 4.47. The summed E-state index contributed by atoms with van der Waals surface area (Å²) in [6.45, 7) is 8.98. The fourth-order valence-electron chi connectivity index (χ4n) is 4.47. The first-order chi connectivity index (χ1) is 15.2. The van der Waals surface area contributed by atoms with Crippen molar-refractivity contribution in [2.75, 3.05) is 13.1 Å². The second-order valence-electron chi connectivity index (χ2n) is 9.18. The zero-order valence-electron chi connectivity index (χ0n) is 19.1. The number of amides is 1. The molecule has 0 radical (unpaired) electrons. The van der Waals surface area contributed by atoms with Crippen LogP contribution in [0.5, 0.6) is 11.5 Å². The van der Waals surface area contributed by atoms with Crippen molar-refractivity contribution in [3.8, 4) is 11.5 Å². The Bertz CT molecular complexity index is 953. The Labute approximate surface area is 188 Å². The molecule has 6 nitrogen and oxygen atoms in total. The lowest BCUT2D eigenvalue weighted by Crippen LogP contribution is -2.52. The number of halogens is 1. The molecule has 4 rings (SSSR count). The van der Waals surface area contributed by atoms with Gasteiger partial charge in [0.2, 0.25) is 0 Å². The highest BCUT2D eigenvalue weighted by Gasteiger charge is 2.45.